The number of rotatable bonds is 8. The summed E-state index contributed by atoms with van der Waals surface area (Å²) in [6.07, 6.45) is 8.40. The smallest absolute Gasteiger partial charge is 0.246 e. The average Bonchev–Trinajstić information content (AvgIpc) is 3.61. The maximum Gasteiger partial charge on any atom is 0.246 e. The Labute approximate surface area is 227 Å². The molecule has 2 fully saturated rings. The van der Waals surface area contributed by atoms with E-state index < -0.39 is 0 Å². The van der Waals surface area contributed by atoms with Crippen LogP contribution in [0.25, 0.3) is 22.2 Å². The number of likely N-dealkylation sites (tertiary alicyclic amines) is 1. The van der Waals surface area contributed by atoms with E-state index in [0.717, 1.165) is 41.0 Å². The van der Waals surface area contributed by atoms with Gasteiger partial charge in [0.1, 0.15) is 35.1 Å². The fourth-order valence-corrected chi connectivity index (χ4v) is 5.39. The molecule has 1 saturated heterocycles. The second-order valence-corrected chi connectivity index (χ2v) is 10.3. The van der Waals surface area contributed by atoms with Crippen molar-refractivity contribution in [2.45, 2.75) is 31.3 Å². The zero-order valence-electron chi connectivity index (χ0n) is 22.0. The number of hydrogen-bond donors (Lipinski definition) is 2. The summed E-state index contributed by atoms with van der Waals surface area (Å²) in [4.78, 5) is 25.9. The predicted octanol–water partition coefficient (Wildman–Crippen LogP) is 4.48. The van der Waals surface area contributed by atoms with Crippen LogP contribution in [0.5, 0.6) is 11.5 Å². The molecule has 0 radical (unpaired) electrons. The van der Waals surface area contributed by atoms with Crippen molar-refractivity contribution in [2.24, 2.45) is 0 Å². The van der Waals surface area contributed by atoms with Crippen LogP contribution < -0.4 is 16.2 Å². The highest BCUT2D eigenvalue weighted by Crippen LogP contribution is 2.42. The van der Waals surface area contributed by atoms with Gasteiger partial charge < -0.3 is 25.7 Å². The van der Waals surface area contributed by atoms with Crippen LogP contribution in [0.2, 0.25) is 0 Å². The van der Waals surface area contributed by atoms with E-state index in [-0.39, 0.29) is 11.9 Å². The fraction of sp³-hybridized carbons (Fsp3) is 0.300. The van der Waals surface area contributed by atoms with E-state index >= 15 is 0 Å². The molecule has 0 bridgehead atoms. The molecule has 3 heterocycles. The number of ether oxygens (including phenoxy) is 1. The molecule has 1 aliphatic carbocycles. The van der Waals surface area contributed by atoms with Crippen LogP contribution in [0.3, 0.4) is 0 Å². The van der Waals surface area contributed by atoms with Gasteiger partial charge in [-0.3, -0.25) is 9.69 Å². The van der Waals surface area contributed by atoms with Gasteiger partial charge in [-0.2, -0.15) is 0 Å². The largest absolute Gasteiger partial charge is 0.457 e. The van der Waals surface area contributed by atoms with Gasteiger partial charge in [0.05, 0.1) is 11.4 Å². The van der Waals surface area contributed by atoms with Gasteiger partial charge in [0.25, 0.3) is 0 Å². The van der Waals surface area contributed by atoms with Crippen LogP contribution in [0.15, 0.2) is 73.1 Å². The number of anilines is 2. The molecular formula is C30H33N7O2. The minimum absolute atomic E-state index is 0.0114. The lowest BCUT2D eigenvalue weighted by atomic mass is 10.0. The summed E-state index contributed by atoms with van der Waals surface area (Å²) >= 11 is 0. The number of nitrogens with zero attached hydrogens (tertiary/aromatic N) is 5. The highest BCUT2D eigenvalue weighted by atomic mass is 16.5. The molecule has 200 valence electrons. The van der Waals surface area contributed by atoms with E-state index in [1.54, 1.807) is 6.08 Å². The maximum absolute atomic E-state index is 12.9. The third-order valence-electron chi connectivity index (χ3n) is 7.64. The first-order chi connectivity index (χ1) is 19.0. The highest BCUT2D eigenvalue weighted by molar-refractivity contribution is 6.06. The first kappa shape index (κ1) is 24.9. The quantitative estimate of drug-likeness (QED) is 0.327. The number of para-hydroxylation sites is 1. The molecule has 1 aliphatic heterocycles. The number of nitrogens with two attached hydrogens (primary N) is 2. The summed E-state index contributed by atoms with van der Waals surface area (Å²) in [5.41, 5.74) is 15.5. The number of carbonyl (C=O) groups is 1. The van der Waals surface area contributed by atoms with Crippen LogP contribution >= 0.6 is 0 Å². The average molecular weight is 524 g/mol. The molecule has 39 heavy (non-hydrogen) atoms. The molecule has 1 atom stereocenters. The highest BCUT2D eigenvalue weighted by Gasteiger charge is 2.31. The third-order valence-corrected chi connectivity index (χ3v) is 7.64. The van der Waals surface area contributed by atoms with Crippen LogP contribution in [0, 0.1) is 0 Å². The second-order valence-electron chi connectivity index (χ2n) is 10.3. The molecule has 4 N–H and O–H groups in total. The van der Waals surface area contributed by atoms with Crippen molar-refractivity contribution in [3.05, 3.63) is 73.1 Å². The van der Waals surface area contributed by atoms with E-state index in [4.69, 9.17) is 16.2 Å². The maximum atomic E-state index is 12.9. The number of amides is 1. The van der Waals surface area contributed by atoms with Crippen LogP contribution in [-0.2, 0) is 4.79 Å². The van der Waals surface area contributed by atoms with Crippen molar-refractivity contribution in [1.82, 2.24) is 24.3 Å². The van der Waals surface area contributed by atoms with Crippen LogP contribution in [0.1, 0.15) is 25.3 Å². The van der Waals surface area contributed by atoms with E-state index in [9.17, 15) is 4.79 Å². The number of fused-ring (bicyclic) bond motifs is 1. The van der Waals surface area contributed by atoms with Crippen molar-refractivity contribution in [1.29, 1.82) is 0 Å². The number of hydrogen-bond acceptors (Lipinski definition) is 7. The van der Waals surface area contributed by atoms with Crippen molar-refractivity contribution in [2.75, 3.05) is 38.1 Å². The van der Waals surface area contributed by atoms with Crippen LogP contribution in [0.4, 0.5) is 11.6 Å². The van der Waals surface area contributed by atoms with Gasteiger partial charge in [0, 0.05) is 37.3 Å². The summed E-state index contributed by atoms with van der Waals surface area (Å²) < 4.78 is 7.98. The normalized spacial score (nSPS) is 17.5. The van der Waals surface area contributed by atoms with Crippen LogP contribution in [-0.4, -0.2) is 63.0 Å². The standard InChI is InChI=1S/C30H33N7O2/c1-35(21-11-12-21)16-5-8-25(38)36-17-15-22(18-36)37-29(32)26(27-28(31)33-19-34-30(27)37)20-9-13-24(14-10-20)39-23-6-3-2-4-7-23/h2-10,13-14,19,21-22H,11-12,15-18,32H2,1H3,(H2,31,33,34)/b8-5+/t22-/m1/s1. The number of likely N-dealkylation sites (N-methyl/N-ethyl adjacent to an activating group) is 1. The lowest BCUT2D eigenvalue weighted by Crippen LogP contribution is -2.28. The summed E-state index contributed by atoms with van der Waals surface area (Å²) in [7, 11) is 2.10. The van der Waals surface area contributed by atoms with Gasteiger partial charge in [0.2, 0.25) is 5.91 Å². The van der Waals surface area contributed by atoms with Crippen molar-refractivity contribution in [3.63, 3.8) is 0 Å². The zero-order chi connectivity index (χ0) is 26.9. The van der Waals surface area contributed by atoms with Gasteiger partial charge in [-0.25, -0.2) is 9.97 Å². The lowest BCUT2D eigenvalue weighted by Gasteiger charge is -2.18. The van der Waals surface area contributed by atoms with E-state index in [1.807, 2.05) is 70.1 Å². The molecule has 9 heteroatoms. The van der Waals surface area contributed by atoms with Gasteiger partial charge >= 0.3 is 0 Å². The predicted molar refractivity (Wildman–Crippen MR) is 153 cm³/mol. The zero-order valence-corrected chi connectivity index (χ0v) is 22.0. The summed E-state index contributed by atoms with van der Waals surface area (Å²) in [6.45, 7) is 2.01. The van der Waals surface area contributed by atoms with Gasteiger partial charge in [-0.05, 0) is 56.1 Å². The molecule has 4 aromatic rings. The Morgan fingerprint density at radius 1 is 1.05 bits per heavy atom. The summed E-state index contributed by atoms with van der Waals surface area (Å²) in [6, 6.07) is 18.1. The van der Waals surface area contributed by atoms with Crippen molar-refractivity contribution >= 4 is 28.6 Å². The van der Waals surface area contributed by atoms with Crippen molar-refractivity contribution in [3.8, 4) is 22.6 Å². The number of benzene rings is 2. The topological polar surface area (TPSA) is 116 Å². The number of nitrogen functional groups attached to an aromatic ring is 2. The molecule has 1 saturated carbocycles. The lowest BCUT2D eigenvalue weighted by molar-refractivity contribution is -0.125. The first-order valence-electron chi connectivity index (χ1n) is 13.4. The SMILES string of the molecule is CN(C/C=C/C(=O)N1CC[C@@H](n2c(N)c(-c3ccc(Oc4ccccc4)cc3)c3c(N)ncnc32)C1)C1CC1. The summed E-state index contributed by atoms with van der Waals surface area (Å²) in [5, 5.41) is 0.722. The summed E-state index contributed by atoms with van der Waals surface area (Å²) in [5.74, 6) is 2.45. The first-order valence-corrected chi connectivity index (χ1v) is 13.4. The Balaban J connectivity index is 1.25. The minimum Gasteiger partial charge on any atom is -0.457 e. The number of carbonyl (C=O) groups excluding carboxylic acids is 1. The third kappa shape index (κ3) is 5.05. The molecule has 9 nitrogen and oxygen atoms in total. The molecule has 0 unspecified atom stereocenters. The number of aromatic nitrogens is 3. The van der Waals surface area contributed by atoms with Crippen molar-refractivity contribution < 1.29 is 9.53 Å². The Morgan fingerprint density at radius 3 is 2.54 bits per heavy atom. The Hall–Kier alpha value is -4.37. The second kappa shape index (κ2) is 10.4. The van der Waals surface area contributed by atoms with Gasteiger partial charge in [-0.15, -0.1) is 0 Å². The molecule has 0 spiro atoms. The molecule has 1 amide bonds. The molecule has 2 aromatic carbocycles. The molecule has 6 rings (SSSR count). The monoisotopic (exact) mass is 523 g/mol. The van der Waals surface area contributed by atoms with E-state index in [1.165, 1.54) is 19.2 Å². The minimum atomic E-state index is -0.0114. The van der Waals surface area contributed by atoms with E-state index in [0.29, 0.717) is 36.4 Å². The molecular weight excluding hydrogens is 490 g/mol. The van der Waals surface area contributed by atoms with Gasteiger partial charge in [-0.1, -0.05) is 36.4 Å². The Morgan fingerprint density at radius 2 is 1.79 bits per heavy atom. The van der Waals surface area contributed by atoms with E-state index in [2.05, 4.69) is 21.9 Å². The molecule has 2 aromatic heterocycles. The Kier molecular flexibility index (Phi) is 6.66. The fourth-order valence-electron chi connectivity index (χ4n) is 5.39. The Bertz CT molecular complexity index is 1510. The molecule has 2 aliphatic rings. The van der Waals surface area contributed by atoms with Gasteiger partial charge in [0.15, 0.2) is 0 Å².